The fourth-order valence-electron chi connectivity index (χ4n) is 3.49. The van der Waals surface area contributed by atoms with Crippen molar-refractivity contribution in [3.63, 3.8) is 0 Å². The van der Waals surface area contributed by atoms with E-state index in [1.165, 1.54) is 4.90 Å². The third-order valence-corrected chi connectivity index (χ3v) is 5.46. The number of anilines is 2. The van der Waals surface area contributed by atoms with Crippen molar-refractivity contribution in [2.75, 3.05) is 42.6 Å². The van der Waals surface area contributed by atoms with Gasteiger partial charge in [0, 0.05) is 29.2 Å². The minimum absolute atomic E-state index is 0.0749. The molecular weight excluding hydrogens is 406 g/mol. The molecule has 3 amide bonds. The third kappa shape index (κ3) is 4.27. The van der Waals surface area contributed by atoms with Crippen molar-refractivity contribution in [2.45, 2.75) is 12.5 Å². The molecule has 30 heavy (non-hydrogen) atoms. The molecule has 0 bridgehead atoms. The Morgan fingerprint density at radius 3 is 2.60 bits per heavy atom. The number of hydrogen-bond acceptors (Lipinski definition) is 6. The number of morpholine rings is 1. The summed E-state index contributed by atoms with van der Waals surface area (Å²) in [5.74, 6) is -0.355. The second kappa shape index (κ2) is 8.76. The largest absolute Gasteiger partial charge is 0.442 e. The lowest BCUT2D eigenvalue weighted by Gasteiger charge is -2.27. The molecule has 4 rings (SSSR count). The number of nitrogens with zero attached hydrogens (tertiary/aromatic N) is 2. The van der Waals surface area contributed by atoms with Crippen LogP contribution in [0.4, 0.5) is 16.2 Å². The molecule has 2 fully saturated rings. The highest BCUT2D eigenvalue weighted by Gasteiger charge is 2.33. The second-order valence-corrected chi connectivity index (χ2v) is 7.57. The Bertz CT molecular complexity index is 940. The molecule has 1 aromatic rings. The third-order valence-electron chi connectivity index (χ3n) is 5.07. The molecular formula is C21H21N3O5S. The Morgan fingerprint density at radius 2 is 1.90 bits per heavy atom. The average molecular weight is 427 g/mol. The van der Waals surface area contributed by atoms with E-state index >= 15 is 0 Å². The monoisotopic (exact) mass is 427 g/mol. The van der Waals surface area contributed by atoms with Gasteiger partial charge in [-0.3, -0.25) is 14.5 Å². The number of rotatable bonds is 5. The summed E-state index contributed by atoms with van der Waals surface area (Å²) in [7, 11) is 0. The van der Waals surface area contributed by atoms with E-state index < -0.39 is 12.2 Å². The Kier molecular flexibility index (Phi) is 5.91. The van der Waals surface area contributed by atoms with Crippen molar-refractivity contribution in [3.8, 4) is 0 Å². The summed E-state index contributed by atoms with van der Waals surface area (Å²) in [6.07, 6.45) is 5.03. The molecule has 2 heterocycles. The van der Waals surface area contributed by atoms with Crippen LogP contribution in [0.1, 0.15) is 6.42 Å². The van der Waals surface area contributed by atoms with E-state index in [0.717, 1.165) is 5.69 Å². The molecule has 1 atom stereocenters. The van der Waals surface area contributed by atoms with Crippen LogP contribution < -0.4 is 15.1 Å². The summed E-state index contributed by atoms with van der Waals surface area (Å²) in [5.41, 5.74) is 1.90. The number of cyclic esters (lactones) is 1. The predicted molar refractivity (Wildman–Crippen MR) is 115 cm³/mol. The second-order valence-electron chi connectivity index (χ2n) is 7.08. The molecule has 3 aliphatic rings. The zero-order valence-electron chi connectivity index (χ0n) is 16.2. The van der Waals surface area contributed by atoms with Crippen LogP contribution in [-0.2, 0) is 19.1 Å². The Labute approximate surface area is 179 Å². The van der Waals surface area contributed by atoms with Gasteiger partial charge < -0.3 is 19.7 Å². The molecule has 0 saturated carbocycles. The lowest BCUT2D eigenvalue weighted by atomic mass is 10.0. The lowest BCUT2D eigenvalue weighted by Crippen LogP contribution is -2.41. The van der Waals surface area contributed by atoms with Crippen LogP contribution in [-0.4, -0.2) is 61.7 Å². The first-order valence-electron chi connectivity index (χ1n) is 9.67. The minimum Gasteiger partial charge on any atom is -0.442 e. The number of benzene rings is 1. The molecule has 0 unspecified atom stereocenters. The summed E-state index contributed by atoms with van der Waals surface area (Å²) in [6, 6.07) is 7.14. The zero-order chi connectivity index (χ0) is 21.1. The van der Waals surface area contributed by atoms with Gasteiger partial charge in [-0.1, -0.05) is 24.4 Å². The maximum atomic E-state index is 12.3. The molecule has 9 heteroatoms. The van der Waals surface area contributed by atoms with Crippen molar-refractivity contribution in [2.24, 2.45) is 0 Å². The van der Waals surface area contributed by atoms with Crippen LogP contribution in [0.15, 0.2) is 48.1 Å². The highest BCUT2D eigenvalue weighted by Crippen LogP contribution is 2.25. The van der Waals surface area contributed by atoms with Gasteiger partial charge in [0.1, 0.15) is 12.7 Å². The SMILES string of the molecule is O=C(NC[C@H]1CN(c2ccc(N3CCOCC3=O)cc2)C(=O)O1)C1=CC=CCC1=S. The van der Waals surface area contributed by atoms with E-state index in [2.05, 4.69) is 5.32 Å². The van der Waals surface area contributed by atoms with Gasteiger partial charge in [0.25, 0.3) is 11.8 Å². The molecule has 0 spiro atoms. The zero-order valence-corrected chi connectivity index (χ0v) is 17.0. The number of carbonyl (C=O) groups is 3. The number of nitrogens with one attached hydrogen (secondary N) is 1. The number of hydrogen-bond donors (Lipinski definition) is 1. The Hall–Kier alpha value is -3.04. The number of amides is 3. The smallest absolute Gasteiger partial charge is 0.414 e. The first-order chi connectivity index (χ1) is 14.5. The highest BCUT2D eigenvalue weighted by molar-refractivity contribution is 7.81. The number of allylic oxidation sites excluding steroid dienone is 3. The molecule has 0 aromatic heterocycles. The van der Waals surface area contributed by atoms with Crippen LogP contribution in [0, 0.1) is 0 Å². The Morgan fingerprint density at radius 1 is 1.17 bits per heavy atom. The van der Waals surface area contributed by atoms with Gasteiger partial charge in [-0.2, -0.15) is 0 Å². The minimum atomic E-state index is -0.472. The van der Waals surface area contributed by atoms with Gasteiger partial charge in [-0.15, -0.1) is 0 Å². The number of carbonyl (C=O) groups excluding carboxylic acids is 3. The Balaban J connectivity index is 1.35. The summed E-state index contributed by atoms with van der Waals surface area (Å²) in [4.78, 5) is 40.3. The van der Waals surface area contributed by atoms with E-state index in [4.69, 9.17) is 21.7 Å². The van der Waals surface area contributed by atoms with Gasteiger partial charge >= 0.3 is 6.09 Å². The van der Waals surface area contributed by atoms with E-state index in [1.54, 1.807) is 41.3 Å². The summed E-state index contributed by atoms with van der Waals surface area (Å²) < 4.78 is 10.5. The van der Waals surface area contributed by atoms with Crippen LogP contribution in [0.2, 0.25) is 0 Å². The number of ether oxygens (including phenoxy) is 2. The average Bonchev–Trinajstić information content (AvgIpc) is 3.13. The van der Waals surface area contributed by atoms with Crippen molar-refractivity contribution in [1.82, 2.24) is 5.32 Å². The molecule has 2 saturated heterocycles. The lowest BCUT2D eigenvalue weighted by molar-refractivity contribution is -0.125. The first-order valence-corrected chi connectivity index (χ1v) is 10.1. The van der Waals surface area contributed by atoms with Crippen LogP contribution in [0.5, 0.6) is 0 Å². The van der Waals surface area contributed by atoms with Gasteiger partial charge in [0.05, 0.1) is 25.3 Å². The maximum Gasteiger partial charge on any atom is 0.414 e. The van der Waals surface area contributed by atoms with Gasteiger partial charge in [0.15, 0.2) is 0 Å². The van der Waals surface area contributed by atoms with Crippen molar-refractivity contribution in [3.05, 3.63) is 48.1 Å². The van der Waals surface area contributed by atoms with Crippen molar-refractivity contribution >= 4 is 46.4 Å². The molecule has 156 valence electrons. The summed E-state index contributed by atoms with van der Waals surface area (Å²) in [6.45, 7) is 1.59. The fourth-order valence-corrected chi connectivity index (χ4v) is 3.75. The molecule has 1 aromatic carbocycles. The van der Waals surface area contributed by atoms with Crippen molar-refractivity contribution < 1.29 is 23.9 Å². The van der Waals surface area contributed by atoms with E-state index in [0.29, 0.717) is 42.2 Å². The standard InChI is InChI=1S/C21H21N3O5S/c25-19-13-28-10-9-23(19)14-5-7-15(8-6-14)24-12-16(29-21(24)27)11-22-20(26)17-3-1-2-4-18(17)30/h1-3,5-8,16H,4,9-13H2,(H,22,26)/t16-/m0/s1. The predicted octanol–water partition coefficient (Wildman–Crippen LogP) is 1.75. The first kappa shape index (κ1) is 20.2. The summed E-state index contributed by atoms with van der Waals surface area (Å²) >= 11 is 5.21. The van der Waals surface area contributed by atoms with E-state index in [-0.39, 0.29) is 25.0 Å². The van der Waals surface area contributed by atoms with E-state index in [9.17, 15) is 14.4 Å². The van der Waals surface area contributed by atoms with Crippen LogP contribution in [0.3, 0.4) is 0 Å². The van der Waals surface area contributed by atoms with Crippen LogP contribution >= 0.6 is 12.2 Å². The normalized spacial score (nSPS) is 21.5. The summed E-state index contributed by atoms with van der Waals surface area (Å²) in [5, 5.41) is 2.79. The highest BCUT2D eigenvalue weighted by atomic mass is 32.1. The topological polar surface area (TPSA) is 88.2 Å². The molecule has 8 nitrogen and oxygen atoms in total. The maximum absolute atomic E-state index is 12.3. The van der Waals surface area contributed by atoms with Crippen molar-refractivity contribution in [1.29, 1.82) is 0 Å². The molecule has 1 aliphatic carbocycles. The molecule has 2 aliphatic heterocycles. The molecule has 0 radical (unpaired) electrons. The van der Waals surface area contributed by atoms with Gasteiger partial charge in [0.2, 0.25) is 0 Å². The quantitative estimate of drug-likeness (QED) is 0.721. The van der Waals surface area contributed by atoms with Gasteiger partial charge in [-0.05, 0) is 30.3 Å². The van der Waals surface area contributed by atoms with E-state index in [1.807, 2.05) is 6.08 Å². The fraction of sp³-hybridized carbons (Fsp3) is 0.333. The molecule has 1 N–H and O–H groups in total. The van der Waals surface area contributed by atoms with Crippen LogP contribution in [0.25, 0.3) is 0 Å². The van der Waals surface area contributed by atoms with Gasteiger partial charge in [-0.25, -0.2) is 4.79 Å². The number of thiocarbonyl (C=S) groups is 1.